The number of carbonyl (C=O) groups is 3. The van der Waals surface area contributed by atoms with E-state index in [4.69, 9.17) is 14.2 Å². The minimum absolute atomic E-state index is 0.0660. The van der Waals surface area contributed by atoms with Crippen LogP contribution in [0, 0.1) is 0 Å². The van der Waals surface area contributed by atoms with Crippen LogP contribution in [-0.4, -0.2) is 37.2 Å². The van der Waals surface area contributed by atoms with Crippen LogP contribution in [0.5, 0.6) is 0 Å². The number of unbranched alkanes of at least 4 members (excludes halogenated alkanes) is 45. The number of rotatable bonds is 58. The Morgan fingerprint density at radius 1 is 0.275 bits per heavy atom. The molecule has 0 saturated carbocycles. The van der Waals surface area contributed by atoms with E-state index in [1.54, 1.807) is 0 Å². The van der Waals surface area contributed by atoms with Crippen LogP contribution in [0.3, 0.4) is 0 Å². The SMILES string of the molecule is CCCCCCCCC/C=C\CCCCCCCC(=O)OCC(COC(=O)CCCCCCCCCCCCCCCCCCCC)OC(=O)CCCCCCCCCCCCCCCCCCC. The molecule has 0 N–H and O–H groups in total. The highest BCUT2D eigenvalue weighted by molar-refractivity contribution is 5.71. The lowest BCUT2D eigenvalue weighted by atomic mass is 10.0. The monoisotopic (exact) mass is 973 g/mol. The van der Waals surface area contributed by atoms with Gasteiger partial charge in [0, 0.05) is 19.3 Å². The van der Waals surface area contributed by atoms with Gasteiger partial charge in [0.2, 0.25) is 0 Å². The molecule has 0 aromatic heterocycles. The summed E-state index contributed by atoms with van der Waals surface area (Å²) in [6, 6.07) is 0. The van der Waals surface area contributed by atoms with Crippen molar-refractivity contribution in [2.75, 3.05) is 13.2 Å². The molecule has 408 valence electrons. The third-order valence-electron chi connectivity index (χ3n) is 14.3. The fourth-order valence-electron chi connectivity index (χ4n) is 9.56. The van der Waals surface area contributed by atoms with Crippen LogP contribution in [0.1, 0.15) is 355 Å². The summed E-state index contributed by atoms with van der Waals surface area (Å²) in [7, 11) is 0. The predicted octanol–water partition coefficient (Wildman–Crippen LogP) is 20.9. The van der Waals surface area contributed by atoms with Crippen LogP contribution in [0.2, 0.25) is 0 Å². The van der Waals surface area contributed by atoms with Gasteiger partial charge in [-0.1, -0.05) is 303 Å². The van der Waals surface area contributed by atoms with E-state index in [1.165, 1.54) is 250 Å². The molecule has 0 saturated heterocycles. The van der Waals surface area contributed by atoms with Gasteiger partial charge in [-0.15, -0.1) is 0 Å². The molecule has 0 aliphatic heterocycles. The third kappa shape index (κ3) is 56.9. The lowest BCUT2D eigenvalue weighted by Crippen LogP contribution is -2.30. The van der Waals surface area contributed by atoms with Crippen LogP contribution in [0.4, 0.5) is 0 Å². The summed E-state index contributed by atoms with van der Waals surface area (Å²) in [6.45, 7) is 6.71. The van der Waals surface area contributed by atoms with E-state index in [9.17, 15) is 14.4 Å². The highest BCUT2D eigenvalue weighted by Crippen LogP contribution is 2.18. The molecular formula is C63H120O6. The van der Waals surface area contributed by atoms with Crippen molar-refractivity contribution in [1.29, 1.82) is 0 Å². The van der Waals surface area contributed by atoms with Crippen LogP contribution < -0.4 is 0 Å². The predicted molar refractivity (Wildman–Crippen MR) is 298 cm³/mol. The van der Waals surface area contributed by atoms with Gasteiger partial charge in [-0.25, -0.2) is 0 Å². The van der Waals surface area contributed by atoms with Crippen molar-refractivity contribution in [3.8, 4) is 0 Å². The molecule has 0 rings (SSSR count). The molecule has 1 unspecified atom stereocenters. The maximum Gasteiger partial charge on any atom is 0.306 e. The van der Waals surface area contributed by atoms with Crippen LogP contribution >= 0.6 is 0 Å². The maximum atomic E-state index is 12.9. The van der Waals surface area contributed by atoms with Crippen LogP contribution in [0.15, 0.2) is 12.2 Å². The number of carbonyl (C=O) groups excluding carboxylic acids is 3. The number of ether oxygens (including phenoxy) is 3. The number of allylic oxidation sites excluding steroid dienone is 2. The molecule has 0 aliphatic rings. The van der Waals surface area contributed by atoms with Gasteiger partial charge in [0.05, 0.1) is 0 Å². The number of hydrogen-bond donors (Lipinski definition) is 0. The molecule has 0 aliphatic carbocycles. The molecule has 0 aromatic rings. The zero-order valence-corrected chi connectivity index (χ0v) is 46.9. The van der Waals surface area contributed by atoms with Gasteiger partial charge in [-0.2, -0.15) is 0 Å². The van der Waals surface area contributed by atoms with Crippen molar-refractivity contribution in [3.05, 3.63) is 12.2 Å². The molecule has 0 amide bonds. The topological polar surface area (TPSA) is 78.9 Å². The second kappa shape index (κ2) is 58.7. The standard InChI is InChI=1S/C63H120O6/c1-4-7-10-13-16-19-22-25-28-31-33-35-38-41-44-47-50-53-56-62(65)68-59-60(58-67-61(64)55-52-49-46-43-40-37-34-30-27-24-21-18-15-12-9-6-3)69-63(66)57-54-51-48-45-42-39-36-32-29-26-23-20-17-14-11-8-5-2/h30,34,60H,4-29,31-33,35-59H2,1-3H3/b34-30-. The minimum Gasteiger partial charge on any atom is -0.462 e. The van der Waals surface area contributed by atoms with Crippen molar-refractivity contribution in [2.45, 2.75) is 361 Å². The number of esters is 3. The van der Waals surface area contributed by atoms with Gasteiger partial charge >= 0.3 is 17.9 Å². The maximum absolute atomic E-state index is 12.9. The van der Waals surface area contributed by atoms with Gasteiger partial charge < -0.3 is 14.2 Å². The summed E-state index contributed by atoms with van der Waals surface area (Å²) < 4.78 is 16.9. The van der Waals surface area contributed by atoms with E-state index in [0.717, 1.165) is 64.2 Å². The summed E-state index contributed by atoms with van der Waals surface area (Å²) in [5, 5.41) is 0. The van der Waals surface area contributed by atoms with E-state index < -0.39 is 6.10 Å². The zero-order chi connectivity index (χ0) is 50.0. The van der Waals surface area contributed by atoms with E-state index in [-0.39, 0.29) is 31.1 Å². The smallest absolute Gasteiger partial charge is 0.306 e. The Hall–Kier alpha value is -1.85. The Bertz CT molecular complexity index is 1070. The normalized spacial score (nSPS) is 12.0. The first kappa shape index (κ1) is 67.1. The molecule has 0 heterocycles. The zero-order valence-electron chi connectivity index (χ0n) is 46.9. The fraction of sp³-hybridized carbons (Fsp3) is 0.921. The van der Waals surface area contributed by atoms with E-state index >= 15 is 0 Å². The summed E-state index contributed by atoms with van der Waals surface area (Å²) >= 11 is 0. The molecule has 0 spiro atoms. The van der Waals surface area contributed by atoms with Gasteiger partial charge in [-0.3, -0.25) is 14.4 Å². The van der Waals surface area contributed by atoms with Gasteiger partial charge in [0.1, 0.15) is 13.2 Å². The minimum atomic E-state index is -0.768. The van der Waals surface area contributed by atoms with Crippen molar-refractivity contribution in [2.24, 2.45) is 0 Å². The summed E-state index contributed by atoms with van der Waals surface area (Å²) in [6.07, 6.45) is 67.8. The molecule has 0 fully saturated rings. The van der Waals surface area contributed by atoms with Gasteiger partial charge in [0.25, 0.3) is 0 Å². The first-order valence-electron chi connectivity index (χ1n) is 31.2. The third-order valence-corrected chi connectivity index (χ3v) is 14.3. The Kier molecular flexibility index (Phi) is 57.1. The summed E-state index contributed by atoms with van der Waals surface area (Å²) in [5.41, 5.74) is 0. The quantitative estimate of drug-likeness (QED) is 0.0261. The average molecular weight is 974 g/mol. The largest absolute Gasteiger partial charge is 0.462 e. The molecule has 0 radical (unpaired) electrons. The molecule has 0 bridgehead atoms. The fourth-order valence-corrected chi connectivity index (χ4v) is 9.56. The highest BCUT2D eigenvalue weighted by Gasteiger charge is 2.19. The molecule has 6 nitrogen and oxygen atoms in total. The molecule has 1 atom stereocenters. The molecular weight excluding hydrogens is 853 g/mol. The molecule has 6 heteroatoms. The lowest BCUT2D eigenvalue weighted by Gasteiger charge is -2.18. The van der Waals surface area contributed by atoms with E-state index in [0.29, 0.717) is 19.3 Å². The van der Waals surface area contributed by atoms with E-state index in [1.807, 2.05) is 0 Å². The van der Waals surface area contributed by atoms with Crippen molar-refractivity contribution >= 4 is 17.9 Å². The molecule has 0 aromatic carbocycles. The lowest BCUT2D eigenvalue weighted by molar-refractivity contribution is -0.167. The first-order chi connectivity index (χ1) is 34.0. The van der Waals surface area contributed by atoms with Gasteiger partial charge in [0.15, 0.2) is 6.10 Å². The highest BCUT2D eigenvalue weighted by atomic mass is 16.6. The molecule has 69 heavy (non-hydrogen) atoms. The Balaban J connectivity index is 4.31. The summed E-state index contributed by atoms with van der Waals surface area (Å²) in [5.74, 6) is -0.845. The van der Waals surface area contributed by atoms with E-state index in [2.05, 4.69) is 32.9 Å². The number of hydrogen-bond acceptors (Lipinski definition) is 6. The Morgan fingerprint density at radius 3 is 0.725 bits per heavy atom. The average Bonchev–Trinajstić information content (AvgIpc) is 3.35. The Labute approximate surface area is 431 Å². The van der Waals surface area contributed by atoms with Crippen LogP contribution in [0.25, 0.3) is 0 Å². The first-order valence-corrected chi connectivity index (χ1v) is 31.2. The van der Waals surface area contributed by atoms with Gasteiger partial charge in [-0.05, 0) is 44.9 Å². The Morgan fingerprint density at radius 2 is 0.478 bits per heavy atom. The van der Waals surface area contributed by atoms with Crippen molar-refractivity contribution < 1.29 is 28.6 Å². The second-order valence-corrected chi connectivity index (χ2v) is 21.3. The second-order valence-electron chi connectivity index (χ2n) is 21.3. The van der Waals surface area contributed by atoms with Crippen LogP contribution in [-0.2, 0) is 28.6 Å². The van der Waals surface area contributed by atoms with Crippen molar-refractivity contribution in [3.63, 3.8) is 0 Å². The van der Waals surface area contributed by atoms with Crippen molar-refractivity contribution in [1.82, 2.24) is 0 Å². The summed E-state index contributed by atoms with van der Waals surface area (Å²) in [4.78, 5) is 38.3.